The van der Waals surface area contributed by atoms with E-state index in [0.717, 1.165) is 37.5 Å². The molecule has 1 saturated heterocycles. The average molecular weight is 287 g/mol. The van der Waals surface area contributed by atoms with E-state index in [2.05, 4.69) is 37.4 Å². The van der Waals surface area contributed by atoms with Crippen LogP contribution in [0.15, 0.2) is 28.7 Å². The highest BCUT2D eigenvalue weighted by Crippen LogP contribution is 2.30. The minimum absolute atomic E-state index is 0.245. The van der Waals surface area contributed by atoms with Crippen LogP contribution < -0.4 is 5.32 Å². The first-order valence-electron chi connectivity index (χ1n) is 8.11. The van der Waals surface area contributed by atoms with Crippen molar-refractivity contribution >= 4 is 11.0 Å². The van der Waals surface area contributed by atoms with Crippen molar-refractivity contribution in [3.8, 4) is 0 Å². The number of para-hydroxylation sites is 1. The van der Waals surface area contributed by atoms with Gasteiger partial charge in [-0.15, -0.1) is 0 Å². The van der Waals surface area contributed by atoms with Crippen LogP contribution >= 0.6 is 0 Å². The molecule has 0 bridgehead atoms. The second-order valence-electron chi connectivity index (χ2n) is 6.01. The Hall–Kier alpha value is -1.32. The Morgan fingerprint density at radius 3 is 2.95 bits per heavy atom. The van der Waals surface area contributed by atoms with Gasteiger partial charge in [-0.1, -0.05) is 25.1 Å². The van der Waals surface area contributed by atoms with Crippen LogP contribution in [0.5, 0.6) is 0 Å². The summed E-state index contributed by atoms with van der Waals surface area (Å²) in [6.45, 7) is 7.21. The molecule has 2 heterocycles. The van der Waals surface area contributed by atoms with Gasteiger partial charge in [-0.25, -0.2) is 0 Å². The van der Waals surface area contributed by atoms with E-state index < -0.39 is 0 Å². The fourth-order valence-corrected chi connectivity index (χ4v) is 3.24. The van der Waals surface area contributed by atoms with Crippen molar-refractivity contribution in [2.75, 3.05) is 19.8 Å². The third-order valence-electron chi connectivity index (χ3n) is 4.44. The van der Waals surface area contributed by atoms with Crippen LogP contribution in [0.3, 0.4) is 0 Å². The van der Waals surface area contributed by atoms with Gasteiger partial charge in [0.15, 0.2) is 0 Å². The first-order chi connectivity index (χ1) is 10.3. The average Bonchev–Trinajstić information content (AvgIpc) is 2.92. The van der Waals surface area contributed by atoms with Gasteiger partial charge < -0.3 is 14.5 Å². The first kappa shape index (κ1) is 14.6. The lowest BCUT2D eigenvalue weighted by Gasteiger charge is -2.24. The Morgan fingerprint density at radius 2 is 2.19 bits per heavy atom. The number of benzene rings is 1. The van der Waals surface area contributed by atoms with Gasteiger partial charge in [0, 0.05) is 24.1 Å². The van der Waals surface area contributed by atoms with E-state index in [1.54, 1.807) is 0 Å². The van der Waals surface area contributed by atoms with Crippen molar-refractivity contribution in [1.29, 1.82) is 0 Å². The Bertz CT molecular complexity index is 584. The second kappa shape index (κ2) is 6.63. The molecule has 1 aromatic heterocycles. The molecule has 3 heteroatoms. The molecule has 1 fully saturated rings. The summed E-state index contributed by atoms with van der Waals surface area (Å²) < 4.78 is 11.6. The van der Waals surface area contributed by atoms with E-state index in [1.807, 2.05) is 6.07 Å². The third-order valence-corrected chi connectivity index (χ3v) is 4.44. The van der Waals surface area contributed by atoms with Crippen LogP contribution in [-0.2, 0) is 11.2 Å². The molecule has 0 aliphatic carbocycles. The van der Waals surface area contributed by atoms with Crippen molar-refractivity contribution in [3.05, 3.63) is 35.6 Å². The summed E-state index contributed by atoms with van der Waals surface area (Å²) in [6, 6.07) is 8.57. The highest BCUT2D eigenvalue weighted by molar-refractivity contribution is 5.82. The van der Waals surface area contributed by atoms with Crippen LogP contribution in [-0.4, -0.2) is 19.8 Å². The number of rotatable bonds is 5. The van der Waals surface area contributed by atoms with Gasteiger partial charge >= 0.3 is 0 Å². The highest BCUT2D eigenvalue weighted by atomic mass is 16.5. The maximum absolute atomic E-state index is 6.10. The molecule has 0 radical (unpaired) electrons. The van der Waals surface area contributed by atoms with Crippen molar-refractivity contribution in [2.45, 2.75) is 39.2 Å². The Balaban J connectivity index is 1.72. The predicted octanol–water partition coefficient (Wildman–Crippen LogP) is 4.07. The SMILES string of the molecule is CCc1c(C(C)NCC2CCCOC2)oc2ccccc12. The molecular formula is C18H25NO2. The van der Waals surface area contributed by atoms with E-state index in [-0.39, 0.29) is 6.04 Å². The van der Waals surface area contributed by atoms with Crippen LogP contribution in [0.1, 0.15) is 44.1 Å². The van der Waals surface area contributed by atoms with E-state index >= 15 is 0 Å². The quantitative estimate of drug-likeness (QED) is 0.900. The number of ether oxygens (including phenoxy) is 1. The number of furan rings is 1. The summed E-state index contributed by atoms with van der Waals surface area (Å²) in [7, 11) is 0. The van der Waals surface area contributed by atoms with E-state index in [1.165, 1.54) is 23.8 Å². The van der Waals surface area contributed by atoms with Crippen LogP contribution in [0.4, 0.5) is 0 Å². The van der Waals surface area contributed by atoms with Gasteiger partial charge in [0.2, 0.25) is 0 Å². The van der Waals surface area contributed by atoms with Crippen LogP contribution in [0, 0.1) is 5.92 Å². The van der Waals surface area contributed by atoms with E-state index in [9.17, 15) is 0 Å². The summed E-state index contributed by atoms with van der Waals surface area (Å²) in [5.41, 5.74) is 2.34. The van der Waals surface area contributed by atoms with Gasteiger partial charge in [-0.05, 0) is 38.2 Å². The lowest BCUT2D eigenvalue weighted by molar-refractivity contribution is 0.0537. The standard InChI is InChI=1S/C18H25NO2/c1-3-15-16-8-4-5-9-17(16)21-18(15)13(2)19-11-14-7-6-10-20-12-14/h4-5,8-9,13-14,19H,3,6-7,10-12H2,1-2H3. The van der Waals surface area contributed by atoms with Gasteiger partial charge in [0.05, 0.1) is 12.6 Å². The van der Waals surface area contributed by atoms with Crippen molar-refractivity contribution in [1.82, 2.24) is 5.32 Å². The van der Waals surface area contributed by atoms with Crippen LogP contribution in [0.25, 0.3) is 11.0 Å². The fourth-order valence-electron chi connectivity index (χ4n) is 3.24. The first-order valence-corrected chi connectivity index (χ1v) is 8.11. The van der Waals surface area contributed by atoms with Crippen molar-refractivity contribution < 1.29 is 9.15 Å². The molecule has 114 valence electrons. The summed E-state index contributed by atoms with van der Waals surface area (Å²) in [5, 5.41) is 4.88. The van der Waals surface area contributed by atoms with Gasteiger partial charge in [0.25, 0.3) is 0 Å². The Labute approximate surface area is 126 Å². The maximum Gasteiger partial charge on any atom is 0.134 e. The summed E-state index contributed by atoms with van der Waals surface area (Å²) in [5.74, 6) is 1.73. The molecule has 2 aromatic rings. The van der Waals surface area contributed by atoms with Crippen molar-refractivity contribution in [3.63, 3.8) is 0 Å². The monoisotopic (exact) mass is 287 g/mol. The largest absolute Gasteiger partial charge is 0.459 e. The van der Waals surface area contributed by atoms with Crippen LogP contribution in [0.2, 0.25) is 0 Å². The van der Waals surface area contributed by atoms with Gasteiger partial charge in [0.1, 0.15) is 11.3 Å². The van der Waals surface area contributed by atoms with E-state index in [4.69, 9.17) is 9.15 Å². The Morgan fingerprint density at radius 1 is 1.33 bits per heavy atom. The number of nitrogens with one attached hydrogen (secondary N) is 1. The highest BCUT2D eigenvalue weighted by Gasteiger charge is 2.20. The number of aryl methyl sites for hydroxylation is 1. The molecule has 0 amide bonds. The number of hydrogen-bond donors (Lipinski definition) is 1. The zero-order valence-electron chi connectivity index (χ0n) is 13.0. The molecule has 1 aliphatic rings. The molecule has 1 aliphatic heterocycles. The lowest BCUT2D eigenvalue weighted by Crippen LogP contribution is -2.31. The van der Waals surface area contributed by atoms with E-state index in [0.29, 0.717) is 5.92 Å². The second-order valence-corrected chi connectivity index (χ2v) is 6.01. The molecule has 0 saturated carbocycles. The molecule has 2 atom stereocenters. The number of fused-ring (bicyclic) bond motifs is 1. The minimum Gasteiger partial charge on any atom is -0.459 e. The summed E-state index contributed by atoms with van der Waals surface area (Å²) in [4.78, 5) is 0. The summed E-state index contributed by atoms with van der Waals surface area (Å²) in [6.07, 6.45) is 3.46. The third kappa shape index (κ3) is 3.14. The smallest absolute Gasteiger partial charge is 0.134 e. The van der Waals surface area contributed by atoms with Crippen molar-refractivity contribution in [2.24, 2.45) is 5.92 Å². The maximum atomic E-state index is 6.10. The van der Waals surface area contributed by atoms with Gasteiger partial charge in [-0.3, -0.25) is 0 Å². The zero-order valence-corrected chi connectivity index (χ0v) is 13.0. The topological polar surface area (TPSA) is 34.4 Å². The molecule has 21 heavy (non-hydrogen) atoms. The molecule has 3 rings (SSSR count). The molecular weight excluding hydrogens is 262 g/mol. The number of hydrogen-bond acceptors (Lipinski definition) is 3. The fraction of sp³-hybridized carbons (Fsp3) is 0.556. The molecule has 1 aromatic carbocycles. The Kier molecular flexibility index (Phi) is 4.61. The molecule has 1 N–H and O–H groups in total. The molecule has 2 unspecified atom stereocenters. The van der Waals surface area contributed by atoms with Gasteiger partial charge in [-0.2, -0.15) is 0 Å². The normalized spacial score (nSPS) is 20.8. The predicted molar refractivity (Wildman–Crippen MR) is 85.6 cm³/mol. The summed E-state index contributed by atoms with van der Waals surface area (Å²) >= 11 is 0. The molecule has 0 spiro atoms. The minimum atomic E-state index is 0.245. The molecule has 3 nitrogen and oxygen atoms in total. The zero-order chi connectivity index (χ0) is 14.7. The lowest BCUT2D eigenvalue weighted by atomic mass is 10.0.